The number of hydrogen-bond acceptors (Lipinski definition) is 4. The molecule has 128 valence electrons. The first kappa shape index (κ1) is 19.2. The molecule has 0 unspecified atom stereocenters. The smallest absolute Gasteiger partial charge is 0.408 e. The number of amides is 2. The Balaban J connectivity index is 2.66. The zero-order valence-corrected chi connectivity index (χ0v) is 15.5. The molecule has 1 aromatic heterocycles. The Bertz CT molecular complexity index is 647. The van der Waals surface area contributed by atoms with Crippen molar-refractivity contribution in [3.05, 3.63) is 27.1 Å². The van der Waals surface area contributed by atoms with Crippen LogP contribution in [0.15, 0.2) is 21.5 Å². The number of aromatic amines is 1. The van der Waals surface area contributed by atoms with Gasteiger partial charge in [-0.05, 0) is 56.6 Å². The molecular weight excluding hydrogens is 366 g/mol. The molecule has 0 aliphatic heterocycles. The number of hydrogen-bond donors (Lipinski definition) is 3. The molecule has 0 aliphatic rings. The van der Waals surface area contributed by atoms with E-state index in [1.165, 1.54) is 12.3 Å². The average Bonchev–Trinajstić information content (AvgIpc) is 2.29. The van der Waals surface area contributed by atoms with Gasteiger partial charge in [-0.3, -0.25) is 9.59 Å². The van der Waals surface area contributed by atoms with Gasteiger partial charge in [0.05, 0.1) is 0 Å². The Hall–Kier alpha value is -1.83. The van der Waals surface area contributed by atoms with Crippen molar-refractivity contribution in [3.8, 4) is 0 Å². The maximum absolute atomic E-state index is 12.1. The third kappa shape index (κ3) is 7.32. The van der Waals surface area contributed by atoms with E-state index in [-0.39, 0.29) is 12.1 Å². The molecule has 1 aromatic rings. The first-order valence-corrected chi connectivity index (χ1v) is 7.86. The fourth-order valence-electron chi connectivity index (χ4n) is 1.77. The van der Waals surface area contributed by atoms with E-state index in [0.717, 1.165) is 0 Å². The van der Waals surface area contributed by atoms with Gasteiger partial charge >= 0.3 is 6.09 Å². The van der Waals surface area contributed by atoms with E-state index >= 15 is 0 Å². The van der Waals surface area contributed by atoms with Gasteiger partial charge in [0.25, 0.3) is 5.56 Å². The Labute approximate surface area is 143 Å². The van der Waals surface area contributed by atoms with Crippen LogP contribution in [-0.4, -0.2) is 28.1 Å². The van der Waals surface area contributed by atoms with E-state index in [1.54, 1.807) is 34.6 Å². The number of pyridine rings is 1. The van der Waals surface area contributed by atoms with Gasteiger partial charge in [-0.2, -0.15) is 0 Å². The number of ether oxygens (including phenoxy) is 1. The Kier molecular flexibility index (Phi) is 5.98. The van der Waals surface area contributed by atoms with Crippen molar-refractivity contribution in [2.45, 2.75) is 52.2 Å². The highest BCUT2D eigenvalue weighted by Gasteiger charge is 2.27. The number of rotatable bonds is 4. The van der Waals surface area contributed by atoms with Crippen LogP contribution >= 0.6 is 15.9 Å². The van der Waals surface area contributed by atoms with Gasteiger partial charge in [0.2, 0.25) is 5.91 Å². The van der Waals surface area contributed by atoms with Gasteiger partial charge in [0, 0.05) is 22.6 Å². The summed E-state index contributed by atoms with van der Waals surface area (Å²) in [5.41, 5.74) is -1.71. The molecule has 1 rings (SSSR count). The highest BCUT2D eigenvalue weighted by molar-refractivity contribution is 9.10. The van der Waals surface area contributed by atoms with Crippen molar-refractivity contribution in [1.82, 2.24) is 10.3 Å². The third-order valence-corrected chi connectivity index (χ3v) is 3.04. The number of carbonyl (C=O) groups is 2. The summed E-state index contributed by atoms with van der Waals surface area (Å²) in [5.74, 6) is -0.394. The van der Waals surface area contributed by atoms with Crippen molar-refractivity contribution in [1.29, 1.82) is 0 Å². The van der Waals surface area contributed by atoms with Gasteiger partial charge < -0.3 is 20.4 Å². The number of halogens is 1. The van der Waals surface area contributed by atoms with Gasteiger partial charge in [0.1, 0.15) is 11.3 Å². The molecule has 8 heteroatoms. The molecule has 0 aliphatic carbocycles. The molecule has 0 spiro atoms. The average molecular weight is 388 g/mol. The van der Waals surface area contributed by atoms with E-state index in [2.05, 4.69) is 31.5 Å². The van der Waals surface area contributed by atoms with E-state index in [0.29, 0.717) is 4.47 Å². The van der Waals surface area contributed by atoms with Crippen molar-refractivity contribution in [2.75, 3.05) is 5.32 Å². The maximum Gasteiger partial charge on any atom is 0.408 e. The van der Waals surface area contributed by atoms with Crippen LogP contribution in [0, 0.1) is 0 Å². The van der Waals surface area contributed by atoms with Crippen molar-refractivity contribution >= 4 is 33.6 Å². The van der Waals surface area contributed by atoms with Crippen LogP contribution < -0.4 is 16.2 Å². The zero-order valence-electron chi connectivity index (χ0n) is 13.9. The van der Waals surface area contributed by atoms with Crippen LogP contribution in [0.4, 0.5) is 10.5 Å². The first-order chi connectivity index (χ1) is 10.4. The molecular formula is C15H22BrN3O4. The molecule has 7 nitrogen and oxygen atoms in total. The Morgan fingerprint density at radius 2 is 1.87 bits per heavy atom. The lowest BCUT2D eigenvalue weighted by molar-refractivity contribution is -0.117. The van der Waals surface area contributed by atoms with Gasteiger partial charge in [-0.25, -0.2) is 4.79 Å². The number of H-pyrrole nitrogens is 1. The highest BCUT2D eigenvalue weighted by atomic mass is 79.9. The lowest BCUT2D eigenvalue weighted by atomic mass is 10.0. The quantitative estimate of drug-likeness (QED) is 0.739. The summed E-state index contributed by atoms with van der Waals surface area (Å²) in [6.07, 6.45) is 0.861. The minimum absolute atomic E-state index is 0.0157. The van der Waals surface area contributed by atoms with E-state index in [1.807, 2.05) is 0 Å². The van der Waals surface area contributed by atoms with Crippen LogP contribution in [-0.2, 0) is 9.53 Å². The second-order valence-electron chi connectivity index (χ2n) is 6.80. The fraction of sp³-hybridized carbons (Fsp3) is 0.533. The third-order valence-electron chi connectivity index (χ3n) is 2.58. The topological polar surface area (TPSA) is 100 Å². The SMILES string of the molecule is CC(C)(CC(=O)Nc1cc(Br)c[nH]c1=O)NC(=O)OC(C)(C)C. The molecule has 0 radical (unpaired) electrons. The molecule has 2 amide bonds. The Morgan fingerprint density at radius 3 is 2.43 bits per heavy atom. The molecule has 1 heterocycles. The van der Waals surface area contributed by atoms with E-state index < -0.39 is 28.7 Å². The Morgan fingerprint density at radius 1 is 1.26 bits per heavy atom. The highest BCUT2D eigenvalue weighted by Crippen LogP contribution is 2.14. The molecule has 0 saturated carbocycles. The largest absolute Gasteiger partial charge is 0.444 e. The van der Waals surface area contributed by atoms with Crippen LogP contribution in [0.1, 0.15) is 41.0 Å². The lowest BCUT2D eigenvalue weighted by Gasteiger charge is -2.28. The standard InChI is InChI=1S/C15H22BrN3O4/c1-14(2,3)23-13(22)19-15(4,5)7-11(20)18-10-6-9(16)8-17-12(10)21/h6,8H,7H2,1-5H3,(H,17,21)(H,18,20)(H,19,22). The summed E-state index contributed by atoms with van der Waals surface area (Å²) >= 11 is 3.21. The summed E-state index contributed by atoms with van der Waals surface area (Å²) in [7, 11) is 0. The summed E-state index contributed by atoms with van der Waals surface area (Å²) in [6.45, 7) is 8.66. The number of carbonyl (C=O) groups excluding carboxylic acids is 2. The molecule has 3 N–H and O–H groups in total. The zero-order chi connectivity index (χ0) is 17.8. The summed E-state index contributed by atoms with van der Waals surface area (Å²) in [6, 6.07) is 1.50. The van der Waals surface area contributed by atoms with Crippen molar-refractivity contribution in [3.63, 3.8) is 0 Å². The second-order valence-corrected chi connectivity index (χ2v) is 7.71. The molecule has 0 fully saturated rings. The number of anilines is 1. The minimum atomic E-state index is -0.828. The van der Waals surface area contributed by atoms with Crippen LogP contribution in [0.5, 0.6) is 0 Å². The summed E-state index contributed by atoms with van der Waals surface area (Å²) in [4.78, 5) is 38.0. The number of alkyl carbamates (subject to hydrolysis) is 1. The van der Waals surface area contributed by atoms with Crippen LogP contribution in [0.3, 0.4) is 0 Å². The molecule has 0 bridgehead atoms. The predicted octanol–water partition coefficient (Wildman–Crippen LogP) is 2.77. The normalized spacial score (nSPS) is 11.7. The fourth-order valence-corrected chi connectivity index (χ4v) is 2.11. The molecule has 0 saturated heterocycles. The summed E-state index contributed by atoms with van der Waals surface area (Å²) in [5, 5.41) is 5.16. The number of nitrogens with one attached hydrogen (secondary N) is 3. The van der Waals surface area contributed by atoms with Gasteiger partial charge in [-0.1, -0.05) is 0 Å². The maximum atomic E-state index is 12.1. The van der Waals surface area contributed by atoms with Crippen molar-refractivity contribution < 1.29 is 14.3 Å². The summed E-state index contributed by atoms with van der Waals surface area (Å²) < 4.78 is 5.80. The predicted molar refractivity (Wildman–Crippen MR) is 91.5 cm³/mol. The monoisotopic (exact) mass is 387 g/mol. The molecule has 0 aromatic carbocycles. The first-order valence-electron chi connectivity index (χ1n) is 7.07. The lowest BCUT2D eigenvalue weighted by Crippen LogP contribution is -2.47. The van der Waals surface area contributed by atoms with E-state index in [4.69, 9.17) is 4.74 Å². The van der Waals surface area contributed by atoms with Crippen LogP contribution in [0.2, 0.25) is 0 Å². The second kappa shape index (κ2) is 7.16. The van der Waals surface area contributed by atoms with Gasteiger partial charge in [-0.15, -0.1) is 0 Å². The van der Waals surface area contributed by atoms with Crippen LogP contribution in [0.25, 0.3) is 0 Å². The molecule has 23 heavy (non-hydrogen) atoms. The number of aromatic nitrogens is 1. The van der Waals surface area contributed by atoms with E-state index in [9.17, 15) is 14.4 Å². The minimum Gasteiger partial charge on any atom is -0.444 e. The van der Waals surface area contributed by atoms with Crippen molar-refractivity contribution in [2.24, 2.45) is 0 Å². The molecule has 0 atom stereocenters. The van der Waals surface area contributed by atoms with Gasteiger partial charge in [0.15, 0.2) is 0 Å².